The van der Waals surface area contributed by atoms with Crippen molar-refractivity contribution in [1.29, 1.82) is 0 Å². The number of benzene rings is 4. The van der Waals surface area contributed by atoms with E-state index in [4.69, 9.17) is 4.74 Å². The van der Waals surface area contributed by atoms with E-state index >= 15 is 0 Å². The number of ether oxygens (including phenoxy) is 1. The van der Waals surface area contributed by atoms with Crippen molar-refractivity contribution in [3.63, 3.8) is 0 Å². The van der Waals surface area contributed by atoms with Gasteiger partial charge >= 0.3 is 0 Å². The van der Waals surface area contributed by atoms with Gasteiger partial charge in [0.25, 0.3) is 5.91 Å². The van der Waals surface area contributed by atoms with Gasteiger partial charge in [0.15, 0.2) is 0 Å². The molecule has 0 aliphatic rings. The first kappa shape index (κ1) is 27.4. The number of carbonyl (C=O) groups excluding carboxylic acids is 2. The lowest BCUT2D eigenvalue weighted by molar-refractivity contribution is -0.139. The molecule has 4 aromatic carbocycles. The lowest BCUT2D eigenvalue weighted by Crippen LogP contribution is -2.41. The van der Waals surface area contributed by atoms with Gasteiger partial charge in [-0.3, -0.25) is 9.59 Å². The maximum Gasteiger partial charge on any atom is 0.251 e. The molecule has 4 aromatic rings. The second kappa shape index (κ2) is 12.7. The van der Waals surface area contributed by atoms with Crippen LogP contribution in [0.2, 0.25) is 0 Å². The molecule has 0 fully saturated rings. The Morgan fingerprint density at radius 3 is 2.05 bits per heavy atom. The zero-order valence-electron chi connectivity index (χ0n) is 22.3. The number of carbonyl (C=O) groups is 2. The summed E-state index contributed by atoms with van der Waals surface area (Å²) in [5.74, 6) is -0.324. The van der Waals surface area contributed by atoms with E-state index in [2.05, 4.69) is 5.32 Å². The van der Waals surface area contributed by atoms with Crippen molar-refractivity contribution >= 4 is 23.2 Å². The molecule has 1 N–H and O–H groups in total. The van der Waals surface area contributed by atoms with Crippen LogP contribution in [0, 0.1) is 5.82 Å². The molecule has 0 radical (unpaired) electrons. The van der Waals surface area contributed by atoms with Crippen molar-refractivity contribution in [2.24, 2.45) is 0 Å². The minimum atomic E-state index is -0.953. The van der Waals surface area contributed by atoms with Crippen molar-refractivity contribution in [3.8, 4) is 5.75 Å². The Hall–Kier alpha value is -4.65. The van der Waals surface area contributed by atoms with Crippen LogP contribution in [-0.2, 0) is 22.6 Å². The van der Waals surface area contributed by atoms with E-state index in [0.29, 0.717) is 22.6 Å². The quantitative estimate of drug-likeness (QED) is 0.282. The average molecular weight is 526 g/mol. The Bertz CT molecular complexity index is 1370. The zero-order valence-corrected chi connectivity index (χ0v) is 22.3. The van der Waals surface area contributed by atoms with Crippen molar-refractivity contribution in [3.05, 3.63) is 126 Å². The van der Waals surface area contributed by atoms with E-state index < -0.39 is 6.04 Å². The highest BCUT2D eigenvalue weighted by Crippen LogP contribution is 2.28. The summed E-state index contributed by atoms with van der Waals surface area (Å²) in [7, 11) is 5.46. The Labute approximate surface area is 228 Å². The Morgan fingerprint density at radius 2 is 1.46 bits per heavy atom. The van der Waals surface area contributed by atoms with E-state index in [1.807, 2.05) is 73.6 Å². The minimum absolute atomic E-state index is 0.111. The van der Waals surface area contributed by atoms with E-state index in [0.717, 1.165) is 11.3 Å². The monoisotopic (exact) mass is 525 g/mol. The maximum absolute atomic E-state index is 13.9. The van der Waals surface area contributed by atoms with Crippen LogP contribution in [0.25, 0.3) is 0 Å². The summed E-state index contributed by atoms with van der Waals surface area (Å²) >= 11 is 0. The van der Waals surface area contributed by atoms with Crippen molar-refractivity contribution in [2.45, 2.75) is 19.0 Å². The Morgan fingerprint density at radius 1 is 0.821 bits per heavy atom. The normalized spacial score (nSPS) is 11.4. The molecule has 0 aromatic heterocycles. The van der Waals surface area contributed by atoms with Gasteiger partial charge in [-0.15, -0.1) is 0 Å². The van der Waals surface area contributed by atoms with Gasteiger partial charge in [-0.25, -0.2) is 4.39 Å². The molecular formula is C32H32FN3O3. The maximum atomic E-state index is 13.9. The Balaban J connectivity index is 1.72. The predicted octanol–water partition coefficient (Wildman–Crippen LogP) is 5.85. The van der Waals surface area contributed by atoms with E-state index in [9.17, 15) is 14.0 Å². The second-order valence-electron chi connectivity index (χ2n) is 9.42. The van der Waals surface area contributed by atoms with Gasteiger partial charge in [0.2, 0.25) is 5.91 Å². The molecule has 1 atom stereocenters. The topological polar surface area (TPSA) is 61.9 Å². The van der Waals surface area contributed by atoms with Gasteiger partial charge in [-0.1, -0.05) is 54.6 Å². The lowest BCUT2D eigenvalue weighted by atomic mass is 10.0. The highest BCUT2D eigenvalue weighted by Gasteiger charge is 2.32. The van der Waals surface area contributed by atoms with Gasteiger partial charge < -0.3 is 19.9 Å². The van der Waals surface area contributed by atoms with Crippen molar-refractivity contribution in [1.82, 2.24) is 4.90 Å². The molecule has 0 aliphatic heterocycles. The molecule has 7 heteroatoms. The molecule has 0 bridgehead atoms. The number of hydrogen-bond acceptors (Lipinski definition) is 4. The molecule has 4 rings (SSSR count). The molecule has 1 unspecified atom stereocenters. The fraction of sp³-hybridized carbons (Fsp3) is 0.188. The van der Waals surface area contributed by atoms with E-state index in [1.54, 1.807) is 48.4 Å². The second-order valence-corrected chi connectivity index (χ2v) is 9.42. The first-order valence-electron chi connectivity index (χ1n) is 12.6. The summed E-state index contributed by atoms with van der Waals surface area (Å²) in [6.45, 7) is 0.121. The molecule has 0 saturated heterocycles. The third-order valence-corrected chi connectivity index (χ3v) is 6.43. The van der Waals surface area contributed by atoms with Crippen LogP contribution in [-0.4, -0.2) is 37.9 Å². The molecular weight excluding hydrogens is 493 g/mol. The number of amides is 2. The largest absolute Gasteiger partial charge is 0.497 e. The molecule has 39 heavy (non-hydrogen) atoms. The number of rotatable bonds is 10. The molecule has 6 nitrogen and oxygen atoms in total. The summed E-state index contributed by atoms with van der Waals surface area (Å²) in [4.78, 5) is 31.3. The first-order valence-corrected chi connectivity index (χ1v) is 12.6. The molecule has 0 saturated carbocycles. The third kappa shape index (κ3) is 7.23. The molecule has 0 spiro atoms. The Kier molecular flexibility index (Phi) is 8.94. The summed E-state index contributed by atoms with van der Waals surface area (Å²) in [6, 6.07) is 29.0. The SMILES string of the molecule is COc1ccc(C(C(=O)Nc2ccc(N(C)C)cc2)N(Cc2ccc(F)cc2)C(=O)Cc2ccccc2)cc1. The fourth-order valence-electron chi connectivity index (χ4n) is 4.29. The number of nitrogens with zero attached hydrogens (tertiary/aromatic N) is 2. The van der Waals surface area contributed by atoms with Crippen LogP contribution in [0.15, 0.2) is 103 Å². The number of anilines is 2. The van der Waals surface area contributed by atoms with Crippen molar-refractivity contribution in [2.75, 3.05) is 31.4 Å². The molecule has 0 aliphatic carbocycles. The van der Waals surface area contributed by atoms with Crippen LogP contribution in [0.1, 0.15) is 22.7 Å². The molecule has 200 valence electrons. The standard InChI is InChI=1S/C32H32FN3O3/c1-35(2)28-17-15-27(16-18-28)34-32(38)31(25-11-19-29(39-3)20-12-25)36(22-24-9-13-26(33)14-10-24)30(37)21-23-7-5-4-6-8-23/h4-20,31H,21-22H2,1-3H3,(H,34,38). The van der Waals surface area contributed by atoms with Crippen LogP contribution in [0.3, 0.4) is 0 Å². The summed E-state index contributed by atoms with van der Waals surface area (Å²) in [5, 5.41) is 2.99. The van der Waals surface area contributed by atoms with Crippen LogP contribution < -0.4 is 15.0 Å². The summed E-state index contributed by atoms with van der Waals surface area (Å²) in [5.41, 5.74) is 3.78. The smallest absolute Gasteiger partial charge is 0.251 e. The first-order chi connectivity index (χ1) is 18.8. The van der Waals surface area contributed by atoms with Crippen LogP contribution >= 0.6 is 0 Å². The number of methoxy groups -OCH3 is 1. The van der Waals surface area contributed by atoms with E-state index in [1.165, 1.54) is 12.1 Å². The fourth-order valence-corrected chi connectivity index (χ4v) is 4.29. The summed E-state index contributed by atoms with van der Waals surface area (Å²) < 4.78 is 19.0. The highest BCUT2D eigenvalue weighted by molar-refractivity contribution is 5.98. The zero-order chi connectivity index (χ0) is 27.8. The van der Waals surface area contributed by atoms with Gasteiger partial charge in [0.05, 0.1) is 13.5 Å². The van der Waals surface area contributed by atoms with Gasteiger partial charge in [-0.05, 0) is 65.2 Å². The van der Waals surface area contributed by atoms with Gasteiger partial charge in [-0.2, -0.15) is 0 Å². The molecule has 0 heterocycles. The molecule has 2 amide bonds. The van der Waals surface area contributed by atoms with Gasteiger partial charge in [0.1, 0.15) is 17.6 Å². The van der Waals surface area contributed by atoms with Crippen LogP contribution in [0.4, 0.5) is 15.8 Å². The number of halogens is 1. The average Bonchev–Trinajstić information content (AvgIpc) is 2.95. The minimum Gasteiger partial charge on any atom is -0.497 e. The number of hydrogen-bond donors (Lipinski definition) is 1. The predicted molar refractivity (Wildman–Crippen MR) is 152 cm³/mol. The lowest BCUT2D eigenvalue weighted by Gasteiger charge is -2.32. The van der Waals surface area contributed by atoms with Crippen molar-refractivity contribution < 1.29 is 18.7 Å². The third-order valence-electron chi connectivity index (χ3n) is 6.43. The van der Waals surface area contributed by atoms with Crippen LogP contribution in [0.5, 0.6) is 5.75 Å². The number of nitrogens with one attached hydrogen (secondary N) is 1. The van der Waals surface area contributed by atoms with Gasteiger partial charge in [0, 0.05) is 32.0 Å². The highest BCUT2D eigenvalue weighted by atomic mass is 19.1. The summed E-state index contributed by atoms with van der Waals surface area (Å²) in [6.07, 6.45) is 0.111. The van der Waals surface area contributed by atoms with E-state index in [-0.39, 0.29) is 30.6 Å².